The minimum Gasteiger partial charge on any atom is -0.461 e. The van der Waals surface area contributed by atoms with E-state index in [0.717, 1.165) is 66.7 Å². The lowest BCUT2D eigenvalue weighted by Gasteiger charge is -2.24. The minimum atomic E-state index is 0.348. The first-order chi connectivity index (χ1) is 28.7. The fourth-order valence-electron chi connectivity index (χ4n) is 10.5. The average molecular weight is 750 g/mol. The van der Waals surface area contributed by atoms with Crippen LogP contribution in [0.3, 0.4) is 0 Å². The number of fused-ring (bicyclic) bond motifs is 7. The van der Waals surface area contributed by atoms with Gasteiger partial charge in [0.25, 0.3) is 0 Å². The highest BCUT2D eigenvalue weighted by molar-refractivity contribution is 6.09. The largest absolute Gasteiger partial charge is 0.461 e. The summed E-state index contributed by atoms with van der Waals surface area (Å²) < 4.78 is 6.71. The summed E-state index contributed by atoms with van der Waals surface area (Å²) in [7, 11) is 0. The number of hydrogen-bond donors (Lipinski definition) is 0. The lowest BCUT2D eigenvalue weighted by Crippen LogP contribution is -2.31. The number of benzene rings is 5. The molecule has 58 heavy (non-hydrogen) atoms. The second-order valence-electron chi connectivity index (χ2n) is 16.8. The van der Waals surface area contributed by atoms with E-state index in [0.29, 0.717) is 41.2 Å². The van der Waals surface area contributed by atoms with Gasteiger partial charge in [-0.05, 0) is 106 Å². The number of nitrogens with zero attached hydrogens (tertiary/aromatic N) is 3. The van der Waals surface area contributed by atoms with Gasteiger partial charge in [-0.25, -0.2) is 15.0 Å². The zero-order valence-corrected chi connectivity index (χ0v) is 32.4. The molecule has 7 aromatic rings. The number of furan rings is 1. The van der Waals surface area contributed by atoms with Crippen LogP contribution in [-0.2, 0) is 12.8 Å². The summed E-state index contributed by atoms with van der Waals surface area (Å²) in [5, 5.41) is 6.67. The molecule has 0 saturated heterocycles. The number of rotatable bonds is 6. The molecule has 0 aliphatic heterocycles. The van der Waals surface area contributed by atoms with E-state index >= 15 is 0 Å². The summed E-state index contributed by atoms with van der Waals surface area (Å²) in [6.07, 6.45) is 24.5. The average Bonchev–Trinajstić information content (AvgIpc) is 3.90. The summed E-state index contributed by atoms with van der Waals surface area (Å²) in [5.74, 6) is 5.75. The molecule has 1 fully saturated rings. The monoisotopic (exact) mass is 749 g/mol. The second kappa shape index (κ2) is 13.6. The van der Waals surface area contributed by atoms with Crippen LogP contribution in [0.15, 0.2) is 162 Å². The van der Waals surface area contributed by atoms with Crippen molar-refractivity contribution < 1.29 is 4.42 Å². The first kappa shape index (κ1) is 33.7. The van der Waals surface area contributed by atoms with Gasteiger partial charge in [-0.2, -0.15) is 0 Å². The maximum absolute atomic E-state index is 6.71. The molecule has 0 bridgehead atoms. The quantitative estimate of drug-likeness (QED) is 0.159. The van der Waals surface area contributed by atoms with Gasteiger partial charge < -0.3 is 4.42 Å². The number of allylic oxidation sites excluding steroid dienone is 8. The van der Waals surface area contributed by atoms with Crippen LogP contribution in [0.2, 0.25) is 0 Å². The van der Waals surface area contributed by atoms with Crippen LogP contribution in [0.1, 0.15) is 65.8 Å². The van der Waals surface area contributed by atoms with Crippen molar-refractivity contribution in [1.29, 1.82) is 0 Å². The lowest BCUT2D eigenvalue weighted by atomic mass is 9.80. The van der Waals surface area contributed by atoms with Crippen molar-refractivity contribution in [2.45, 2.75) is 50.4 Å². The standard InChI is InChI=1S/C54H43N3O/c1-3-13-33(14-4-1)35-18-11-19-39(29-35)53-55-52(34-15-5-2-6-16-34)56-54(57-53)44-23-12-24-49-51(44)47-31-37(26-28-48(47)58-49)36-25-27-43-46(30-36)50(43)45-32-38-17-7-8-20-40(38)41-21-9-10-22-42(41)45/h1-11,13,15-22,24-25,27,29-30,32-33,37,43,46,50H,12,14,23,26,28,31H2/t33?,37?,43?,46-,50?/m0/s1. The maximum Gasteiger partial charge on any atom is 0.164 e. The molecule has 280 valence electrons. The van der Waals surface area contributed by atoms with Gasteiger partial charge in [-0.15, -0.1) is 0 Å². The zero-order valence-electron chi connectivity index (χ0n) is 32.4. The first-order valence-corrected chi connectivity index (χ1v) is 21.1. The smallest absolute Gasteiger partial charge is 0.164 e. The molecule has 0 radical (unpaired) electrons. The van der Waals surface area contributed by atoms with Gasteiger partial charge in [0.2, 0.25) is 0 Å². The van der Waals surface area contributed by atoms with Crippen LogP contribution in [0.25, 0.3) is 56.0 Å². The van der Waals surface area contributed by atoms with Crippen LogP contribution >= 0.6 is 0 Å². The molecule has 4 heteroatoms. The Morgan fingerprint density at radius 1 is 0.655 bits per heavy atom. The Morgan fingerprint density at radius 2 is 1.45 bits per heavy atom. The fourth-order valence-corrected chi connectivity index (χ4v) is 10.5. The van der Waals surface area contributed by atoms with Crippen LogP contribution in [0.4, 0.5) is 0 Å². The van der Waals surface area contributed by atoms with Crippen LogP contribution in [0, 0.1) is 17.8 Å². The number of hydrogen-bond acceptors (Lipinski definition) is 4. The minimum absolute atomic E-state index is 0.348. The van der Waals surface area contributed by atoms with E-state index in [-0.39, 0.29) is 0 Å². The molecule has 4 nitrogen and oxygen atoms in total. The van der Waals surface area contributed by atoms with Gasteiger partial charge in [0.15, 0.2) is 17.5 Å². The molecule has 2 heterocycles. The predicted molar refractivity (Wildman–Crippen MR) is 234 cm³/mol. The van der Waals surface area contributed by atoms with E-state index in [2.05, 4.69) is 152 Å². The molecule has 0 amide bonds. The van der Waals surface area contributed by atoms with Crippen molar-refractivity contribution in [3.8, 4) is 22.8 Å². The fraction of sp³-hybridized carbons (Fsp3) is 0.204. The van der Waals surface area contributed by atoms with Gasteiger partial charge in [-0.3, -0.25) is 0 Å². The highest BCUT2D eigenvalue weighted by Crippen LogP contribution is 2.60. The lowest BCUT2D eigenvalue weighted by molar-refractivity contribution is 0.424. The Morgan fingerprint density at radius 3 is 2.33 bits per heavy atom. The summed E-state index contributed by atoms with van der Waals surface area (Å²) in [5.41, 5.74) is 9.80. The maximum atomic E-state index is 6.71. The van der Waals surface area contributed by atoms with E-state index in [1.54, 1.807) is 0 Å². The Bertz CT molecular complexity index is 3050. The Labute approximate surface area is 338 Å². The Balaban J connectivity index is 0.916. The summed E-state index contributed by atoms with van der Waals surface area (Å²) in [6.45, 7) is 0. The number of aromatic nitrogens is 3. The molecule has 2 aromatic heterocycles. The van der Waals surface area contributed by atoms with Gasteiger partial charge in [0.1, 0.15) is 11.2 Å². The Hall–Kier alpha value is -6.39. The SMILES string of the molecule is C1=CCC(c2cccc(-c3nc(C4=c5c6c(oc5=CCC4)CCC(C4=C[C@H]5C(C=C4)C5c4cc5ccccc5c5ccccc45)C6)nc(-c4ccccc4)n3)c2)C=C1. The van der Waals surface area contributed by atoms with Crippen molar-refractivity contribution in [3.63, 3.8) is 0 Å². The van der Waals surface area contributed by atoms with Crippen molar-refractivity contribution >= 4 is 33.2 Å². The van der Waals surface area contributed by atoms with Gasteiger partial charge in [-0.1, -0.05) is 146 Å². The molecule has 5 aromatic carbocycles. The van der Waals surface area contributed by atoms with E-state index in [1.807, 2.05) is 6.07 Å². The molecule has 4 unspecified atom stereocenters. The molecule has 12 rings (SSSR count). The summed E-state index contributed by atoms with van der Waals surface area (Å²) >= 11 is 0. The molecule has 5 aliphatic rings. The van der Waals surface area contributed by atoms with Crippen LogP contribution in [0.5, 0.6) is 0 Å². The molecule has 0 spiro atoms. The van der Waals surface area contributed by atoms with Crippen molar-refractivity contribution in [2.75, 3.05) is 0 Å². The topological polar surface area (TPSA) is 51.8 Å². The first-order valence-electron chi connectivity index (χ1n) is 21.1. The molecule has 5 atom stereocenters. The third kappa shape index (κ3) is 5.68. The zero-order chi connectivity index (χ0) is 38.2. The highest BCUT2D eigenvalue weighted by atomic mass is 16.3. The van der Waals surface area contributed by atoms with Crippen molar-refractivity contribution in [3.05, 3.63) is 196 Å². The highest BCUT2D eigenvalue weighted by Gasteiger charge is 2.50. The normalized spacial score (nSPS) is 22.9. The second-order valence-corrected chi connectivity index (χ2v) is 16.8. The van der Waals surface area contributed by atoms with E-state index in [9.17, 15) is 0 Å². The molecular weight excluding hydrogens is 707 g/mol. The number of aryl methyl sites for hydroxylation is 1. The van der Waals surface area contributed by atoms with Crippen molar-refractivity contribution in [1.82, 2.24) is 15.0 Å². The third-order valence-corrected chi connectivity index (χ3v) is 13.5. The van der Waals surface area contributed by atoms with Crippen molar-refractivity contribution in [2.24, 2.45) is 17.8 Å². The van der Waals surface area contributed by atoms with E-state index in [1.165, 1.54) is 54.6 Å². The summed E-state index contributed by atoms with van der Waals surface area (Å²) in [4.78, 5) is 15.7. The Kier molecular flexibility index (Phi) is 7.92. The molecule has 0 N–H and O–H groups in total. The van der Waals surface area contributed by atoms with E-state index in [4.69, 9.17) is 19.4 Å². The molecular formula is C54H43N3O. The summed E-state index contributed by atoms with van der Waals surface area (Å²) in [6, 6.07) is 39.4. The van der Waals surface area contributed by atoms with E-state index < -0.39 is 0 Å². The van der Waals surface area contributed by atoms with Gasteiger partial charge >= 0.3 is 0 Å². The van der Waals surface area contributed by atoms with Gasteiger partial charge in [0.05, 0.1) is 0 Å². The van der Waals surface area contributed by atoms with Crippen LogP contribution in [-0.4, -0.2) is 15.0 Å². The molecule has 5 aliphatic carbocycles. The van der Waals surface area contributed by atoms with Gasteiger partial charge in [0, 0.05) is 39.8 Å². The predicted octanol–water partition coefficient (Wildman–Crippen LogP) is 11.1. The molecule has 1 saturated carbocycles. The third-order valence-electron chi connectivity index (χ3n) is 13.5. The van der Waals surface area contributed by atoms with Crippen LogP contribution < -0.4 is 10.6 Å².